The molecule has 0 unspecified atom stereocenters. The molecule has 1 spiro atoms. The molecule has 5 nitrogen and oxygen atoms in total. The van der Waals surface area contributed by atoms with E-state index in [1.807, 2.05) is 6.07 Å². The number of benzene rings is 2. The summed E-state index contributed by atoms with van der Waals surface area (Å²) in [7, 11) is -3.72. The molecular formula is C23H24FN3O2S. The van der Waals surface area contributed by atoms with Gasteiger partial charge < -0.3 is 9.88 Å². The first kappa shape index (κ1) is 19.3. The lowest BCUT2D eigenvalue weighted by molar-refractivity contribution is 0.247. The number of halogens is 1. The highest BCUT2D eigenvalue weighted by molar-refractivity contribution is 7.89. The van der Waals surface area contributed by atoms with Gasteiger partial charge in [0.1, 0.15) is 5.82 Å². The van der Waals surface area contributed by atoms with E-state index in [2.05, 4.69) is 48.1 Å². The van der Waals surface area contributed by atoms with Crippen molar-refractivity contribution in [3.05, 3.63) is 77.4 Å². The Hall–Kier alpha value is -2.64. The third-order valence-electron chi connectivity index (χ3n) is 6.57. The topological polar surface area (TPSA) is 54.3 Å². The maximum absolute atomic E-state index is 13.6. The summed E-state index contributed by atoms with van der Waals surface area (Å²) in [5, 5.41) is 3.74. The Balaban J connectivity index is 1.47. The second-order valence-corrected chi connectivity index (χ2v) is 10.2. The summed E-state index contributed by atoms with van der Waals surface area (Å²) in [6, 6.07) is 13.6. The van der Waals surface area contributed by atoms with Gasteiger partial charge in [-0.2, -0.15) is 4.31 Å². The number of rotatable bonds is 2. The number of nitrogens with one attached hydrogen (secondary N) is 1. The van der Waals surface area contributed by atoms with E-state index in [1.165, 1.54) is 33.6 Å². The first-order valence-corrected chi connectivity index (χ1v) is 11.6. The average Bonchev–Trinajstić information content (AvgIpc) is 3.22. The third kappa shape index (κ3) is 2.80. The van der Waals surface area contributed by atoms with Gasteiger partial charge in [0.25, 0.3) is 0 Å². The van der Waals surface area contributed by atoms with E-state index in [1.54, 1.807) is 0 Å². The second-order valence-electron chi connectivity index (χ2n) is 8.24. The summed E-state index contributed by atoms with van der Waals surface area (Å²) < 4.78 is 43.3. The molecule has 7 heteroatoms. The van der Waals surface area contributed by atoms with Gasteiger partial charge in [0.15, 0.2) is 0 Å². The summed E-state index contributed by atoms with van der Waals surface area (Å²) in [5.74, 6) is -0.543. The summed E-state index contributed by atoms with van der Waals surface area (Å²) >= 11 is 0. The minimum atomic E-state index is -3.72. The van der Waals surface area contributed by atoms with Gasteiger partial charge in [-0.25, -0.2) is 12.8 Å². The van der Waals surface area contributed by atoms with Crippen LogP contribution < -0.4 is 5.32 Å². The molecule has 30 heavy (non-hydrogen) atoms. The highest BCUT2D eigenvalue weighted by atomic mass is 32.2. The molecular weight excluding hydrogens is 401 g/mol. The number of nitrogens with zero attached hydrogens (tertiary/aromatic N) is 2. The van der Waals surface area contributed by atoms with Crippen molar-refractivity contribution in [1.82, 2.24) is 8.87 Å². The Morgan fingerprint density at radius 1 is 1.03 bits per heavy atom. The number of piperidine rings is 1. The number of sulfonamides is 1. The first-order valence-electron chi connectivity index (χ1n) is 10.1. The predicted molar refractivity (Wildman–Crippen MR) is 115 cm³/mol. The van der Waals surface area contributed by atoms with Crippen molar-refractivity contribution in [1.29, 1.82) is 0 Å². The molecule has 5 rings (SSSR count). The number of hydrogen-bond acceptors (Lipinski definition) is 3. The van der Waals surface area contributed by atoms with Crippen molar-refractivity contribution in [2.75, 3.05) is 18.4 Å². The van der Waals surface area contributed by atoms with Gasteiger partial charge in [-0.3, -0.25) is 0 Å². The fraction of sp³-hybridized carbons (Fsp3) is 0.304. The summed E-state index contributed by atoms with van der Waals surface area (Å²) in [6.45, 7) is 4.99. The van der Waals surface area contributed by atoms with Crippen LogP contribution >= 0.6 is 0 Å². The Kier molecular flexibility index (Phi) is 4.31. The smallest absolute Gasteiger partial charge is 0.243 e. The average molecular weight is 426 g/mol. The van der Waals surface area contributed by atoms with Crippen molar-refractivity contribution in [3.8, 4) is 5.69 Å². The van der Waals surface area contributed by atoms with E-state index in [0.29, 0.717) is 25.9 Å². The van der Waals surface area contributed by atoms with E-state index in [9.17, 15) is 12.8 Å². The van der Waals surface area contributed by atoms with E-state index >= 15 is 0 Å². The molecule has 2 aromatic carbocycles. The molecule has 1 aromatic heterocycles. The number of fused-ring (bicyclic) bond motifs is 4. The maximum atomic E-state index is 13.6. The van der Waals surface area contributed by atoms with E-state index in [4.69, 9.17) is 0 Å². The van der Waals surface area contributed by atoms with Crippen molar-refractivity contribution in [3.63, 3.8) is 0 Å². The van der Waals surface area contributed by atoms with Crippen LogP contribution in [0.3, 0.4) is 0 Å². The van der Waals surface area contributed by atoms with Gasteiger partial charge in [-0.15, -0.1) is 0 Å². The van der Waals surface area contributed by atoms with E-state index in [-0.39, 0.29) is 10.4 Å². The van der Waals surface area contributed by atoms with Crippen molar-refractivity contribution < 1.29 is 12.8 Å². The first-order chi connectivity index (χ1) is 14.3. The Morgan fingerprint density at radius 3 is 2.53 bits per heavy atom. The molecule has 3 aromatic rings. The lowest BCUT2D eigenvalue weighted by Crippen LogP contribution is -2.51. The molecule has 0 saturated carbocycles. The molecule has 1 N–H and O–H groups in total. The van der Waals surface area contributed by atoms with Gasteiger partial charge in [-0.1, -0.05) is 12.1 Å². The number of aryl methyl sites for hydroxylation is 1. The van der Waals surface area contributed by atoms with Gasteiger partial charge in [0, 0.05) is 25.0 Å². The van der Waals surface area contributed by atoms with Crippen molar-refractivity contribution >= 4 is 15.7 Å². The van der Waals surface area contributed by atoms with Crippen LogP contribution in [0.4, 0.5) is 10.1 Å². The molecule has 0 radical (unpaired) electrons. The van der Waals surface area contributed by atoms with E-state index in [0.717, 1.165) is 23.1 Å². The van der Waals surface area contributed by atoms with Gasteiger partial charge in [0.05, 0.1) is 21.8 Å². The quantitative estimate of drug-likeness (QED) is 0.665. The SMILES string of the molecule is Cc1ccc2c(c1C)-n1cccc1C1(CCN(S(=O)(=O)c3cccc(F)c3)CC1)N2. The summed E-state index contributed by atoms with van der Waals surface area (Å²) in [6.07, 6.45) is 3.36. The largest absolute Gasteiger partial charge is 0.372 e. The number of anilines is 1. The molecule has 1 saturated heterocycles. The zero-order chi connectivity index (χ0) is 21.1. The van der Waals surface area contributed by atoms with Crippen molar-refractivity contribution in [2.45, 2.75) is 37.1 Å². The van der Waals surface area contributed by atoms with Crippen LogP contribution in [0.15, 0.2) is 59.6 Å². The summed E-state index contributed by atoms with van der Waals surface area (Å²) in [4.78, 5) is 0.00914. The molecule has 2 aliphatic heterocycles. The highest BCUT2D eigenvalue weighted by Gasteiger charge is 2.44. The Bertz CT molecular complexity index is 1240. The van der Waals surface area contributed by atoms with Gasteiger partial charge in [0.2, 0.25) is 10.0 Å². The molecule has 156 valence electrons. The zero-order valence-corrected chi connectivity index (χ0v) is 17.8. The highest BCUT2D eigenvalue weighted by Crippen LogP contribution is 2.45. The van der Waals surface area contributed by atoms with Crippen LogP contribution in [0.25, 0.3) is 5.69 Å². The summed E-state index contributed by atoms with van der Waals surface area (Å²) in [5.41, 5.74) is 5.54. The molecule has 0 atom stereocenters. The predicted octanol–water partition coefficient (Wildman–Crippen LogP) is 4.34. The van der Waals surface area contributed by atoms with Crippen LogP contribution in [0.1, 0.15) is 29.7 Å². The molecule has 3 heterocycles. The molecule has 2 aliphatic rings. The van der Waals surface area contributed by atoms with Crippen LogP contribution in [0.2, 0.25) is 0 Å². The monoisotopic (exact) mass is 425 g/mol. The molecule has 0 amide bonds. The Morgan fingerprint density at radius 2 is 1.80 bits per heavy atom. The molecule has 1 fully saturated rings. The lowest BCUT2D eigenvalue weighted by atomic mass is 9.82. The minimum absolute atomic E-state index is 0.00914. The van der Waals surface area contributed by atoms with Crippen molar-refractivity contribution in [2.24, 2.45) is 0 Å². The fourth-order valence-corrected chi connectivity index (χ4v) is 6.24. The fourth-order valence-electron chi connectivity index (χ4n) is 4.77. The van der Waals surface area contributed by atoms with Crippen LogP contribution in [0.5, 0.6) is 0 Å². The second kappa shape index (κ2) is 6.68. The van der Waals surface area contributed by atoms with Gasteiger partial charge >= 0.3 is 0 Å². The van der Waals surface area contributed by atoms with Crippen LogP contribution in [0, 0.1) is 19.7 Å². The standard InChI is InChI=1S/C23H24FN3O2S/c1-16-8-9-20-22(17(16)2)27-12-4-7-21(27)23(25-20)10-13-26(14-11-23)30(28,29)19-6-3-5-18(24)15-19/h3-9,12,15,25H,10-11,13-14H2,1-2H3. The maximum Gasteiger partial charge on any atom is 0.243 e. The molecule has 0 bridgehead atoms. The minimum Gasteiger partial charge on any atom is -0.372 e. The zero-order valence-electron chi connectivity index (χ0n) is 17.0. The van der Waals surface area contributed by atoms with Crippen LogP contribution in [-0.2, 0) is 15.6 Å². The van der Waals surface area contributed by atoms with E-state index < -0.39 is 15.8 Å². The lowest BCUT2D eigenvalue weighted by Gasteiger charge is -2.46. The Labute approximate surface area is 176 Å². The van der Waals surface area contributed by atoms with Crippen LogP contribution in [-0.4, -0.2) is 30.4 Å². The number of aromatic nitrogens is 1. The molecule has 0 aliphatic carbocycles. The number of hydrogen-bond donors (Lipinski definition) is 1. The van der Waals surface area contributed by atoms with Gasteiger partial charge in [-0.05, 0) is 74.2 Å². The third-order valence-corrected chi connectivity index (χ3v) is 8.46. The normalized spacial score (nSPS) is 18.0.